The Balaban J connectivity index is 1.59. The Morgan fingerprint density at radius 3 is 2.71 bits per heavy atom. The number of nitrogens with one attached hydrogen (secondary N) is 1. The van der Waals surface area contributed by atoms with E-state index in [-0.39, 0.29) is 12.6 Å². The molecule has 21 heavy (non-hydrogen) atoms. The largest absolute Gasteiger partial charge is 0.456 e. The highest BCUT2D eigenvalue weighted by Crippen LogP contribution is 2.30. The molecular formula is C17H20N2O2. The minimum absolute atomic E-state index is 0.283. The summed E-state index contributed by atoms with van der Waals surface area (Å²) in [7, 11) is 0. The highest BCUT2D eigenvalue weighted by molar-refractivity contribution is 5.87. The van der Waals surface area contributed by atoms with Crippen molar-refractivity contribution >= 4 is 5.97 Å². The quantitative estimate of drug-likeness (QED) is 0.868. The molecule has 0 amide bonds. The number of esters is 1. The average molecular weight is 284 g/mol. The molecule has 1 saturated carbocycles. The molecule has 3 rings (SSSR count). The van der Waals surface area contributed by atoms with Crippen LogP contribution in [0.4, 0.5) is 0 Å². The summed E-state index contributed by atoms with van der Waals surface area (Å²) in [6.45, 7) is 0.283. The maximum absolute atomic E-state index is 12.0. The third-order valence-electron chi connectivity index (χ3n) is 4.01. The highest BCUT2D eigenvalue weighted by atomic mass is 16.5. The molecule has 1 N–H and O–H groups in total. The molecule has 4 heteroatoms. The van der Waals surface area contributed by atoms with Crippen LogP contribution in [0.3, 0.4) is 0 Å². The molecule has 0 atom stereocenters. The number of nitrogens with zero attached hydrogens (tertiary/aromatic N) is 1. The molecule has 1 fully saturated rings. The van der Waals surface area contributed by atoms with Gasteiger partial charge in [0.05, 0.1) is 0 Å². The topological polar surface area (TPSA) is 55.0 Å². The first-order valence-electron chi connectivity index (χ1n) is 7.59. The van der Waals surface area contributed by atoms with E-state index in [0.29, 0.717) is 11.6 Å². The molecule has 0 unspecified atom stereocenters. The molecule has 0 aliphatic heterocycles. The lowest BCUT2D eigenvalue weighted by atomic mass is 9.89. The third-order valence-corrected chi connectivity index (χ3v) is 4.01. The molecule has 0 radical (unpaired) electrons. The zero-order valence-corrected chi connectivity index (χ0v) is 12.0. The number of carbonyl (C=O) groups is 1. The van der Waals surface area contributed by atoms with Crippen molar-refractivity contribution in [2.45, 2.75) is 44.6 Å². The fraction of sp³-hybridized carbons (Fsp3) is 0.412. The van der Waals surface area contributed by atoms with Crippen LogP contribution in [0, 0.1) is 0 Å². The molecule has 1 aliphatic carbocycles. The molecule has 1 aromatic carbocycles. The van der Waals surface area contributed by atoms with Gasteiger partial charge in [-0.05, 0) is 18.4 Å². The van der Waals surface area contributed by atoms with E-state index in [4.69, 9.17) is 4.74 Å². The summed E-state index contributed by atoms with van der Waals surface area (Å²) in [5.74, 6) is 1.04. The summed E-state index contributed by atoms with van der Waals surface area (Å²) in [5.41, 5.74) is 1.36. The molecule has 110 valence electrons. The molecule has 1 heterocycles. The lowest BCUT2D eigenvalue weighted by Gasteiger charge is -2.18. The smallest absolute Gasteiger partial charge is 0.358 e. The Morgan fingerprint density at radius 2 is 1.95 bits per heavy atom. The predicted octanol–water partition coefficient (Wildman–Crippen LogP) is 3.81. The monoisotopic (exact) mass is 284 g/mol. The van der Waals surface area contributed by atoms with Gasteiger partial charge in [-0.2, -0.15) is 0 Å². The highest BCUT2D eigenvalue weighted by Gasteiger charge is 2.20. The number of aromatic nitrogens is 2. The van der Waals surface area contributed by atoms with Gasteiger partial charge in [-0.1, -0.05) is 49.6 Å². The van der Waals surface area contributed by atoms with E-state index in [9.17, 15) is 4.79 Å². The van der Waals surface area contributed by atoms with Crippen LogP contribution in [0.15, 0.2) is 36.5 Å². The Morgan fingerprint density at radius 1 is 1.19 bits per heavy atom. The molecule has 1 aliphatic rings. The zero-order valence-electron chi connectivity index (χ0n) is 12.0. The lowest BCUT2D eigenvalue weighted by Crippen LogP contribution is -2.08. The minimum Gasteiger partial charge on any atom is -0.456 e. The fourth-order valence-corrected chi connectivity index (χ4v) is 2.82. The maximum Gasteiger partial charge on any atom is 0.358 e. The van der Waals surface area contributed by atoms with E-state index in [2.05, 4.69) is 9.97 Å². The number of rotatable bonds is 4. The summed E-state index contributed by atoms with van der Waals surface area (Å²) in [6, 6.07) is 9.67. The molecule has 0 bridgehead atoms. The van der Waals surface area contributed by atoms with Gasteiger partial charge in [-0.3, -0.25) is 0 Å². The number of H-pyrrole nitrogens is 1. The number of carbonyl (C=O) groups excluding carboxylic acids is 1. The number of hydrogen-bond donors (Lipinski definition) is 1. The summed E-state index contributed by atoms with van der Waals surface area (Å²) < 4.78 is 5.29. The average Bonchev–Trinajstić information content (AvgIpc) is 3.04. The van der Waals surface area contributed by atoms with Crippen LogP contribution in [-0.2, 0) is 11.3 Å². The Bertz CT molecular complexity index is 586. The van der Waals surface area contributed by atoms with E-state index in [1.807, 2.05) is 30.3 Å². The Kier molecular flexibility index (Phi) is 4.34. The second-order valence-corrected chi connectivity index (χ2v) is 5.57. The lowest BCUT2D eigenvalue weighted by molar-refractivity contribution is 0.0466. The number of benzene rings is 1. The summed E-state index contributed by atoms with van der Waals surface area (Å²) >= 11 is 0. The predicted molar refractivity (Wildman–Crippen MR) is 80.0 cm³/mol. The standard InChI is InChI=1S/C17H20N2O2/c20-17(21-12-13-7-3-1-4-8-13)15-11-18-16(19-15)14-9-5-2-6-10-14/h1,3-4,7-8,11,14H,2,5-6,9-10,12H2,(H,18,19). The van der Waals surface area contributed by atoms with E-state index in [0.717, 1.165) is 24.2 Å². The SMILES string of the molecule is O=C(OCc1ccccc1)c1c[nH]c(C2CCCCC2)n1. The van der Waals surface area contributed by atoms with Crippen molar-refractivity contribution in [3.05, 3.63) is 53.6 Å². The zero-order chi connectivity index (χ0) is 14.5. The van der Waals surface area contributed by atoms with Gasteiger partial charge in [0.15, 0.2) is 5.69 Å². The van der Waals surface area contributed by atoms with Crippen LogP contribution in [-0.4, -0.2) is 15.9 Å². The van der Waals surface area contributed by atoms with Crippen molar-refractivity contribution in [2.75, 3.05) is 0 Å². The maximum atomic E-state index is 12.0. The third kappa shape index (κ3) is 3.51. The summed E-state index contributed by atoms with van der Waals surface area (Å²) in [4.78, 5) is 19.6. The molecule has 4 nitrogen and oxygen atoms in total. The van der Waals surface area contributed by atoms with Crippen molar-refractivity contribution in [3.8, 4) is 0 Å². The van der Waals surface area contributed by atoms with Crippen molar-refractivity contribution in [2.24, 2.45) is 0 Å². The van der Waals surface area contributed by atoms with E-state index in [1.165, 1.54) is 19.3 Å². The van der Waals surface area contributed by atoms with Crippen molar-refractivity contribution < 1.29 is 9.53 Å². The molecule has 1 aromatic heterocycles. The fourth-order valence-electron chi connectivity index (χ4n) is 2.82. The molecule has 2 aromatic rings. The van der Waals surface area contributed by atoms with Gasteiger partial charge in [0, 0.05) is 12.1 Å². The number of ether oxygens (including phenoxy) is 1. The second-order valence-electron chi connectivity index (χ2n) is 5.57. The van der Waals surface area contributed by atoms with Gasteiger partial charge in [-0.25, -0.2) is 9.78 Å². The van der Waals surface area contributed by atoms with Crippen LogP contribution < -0.4 is 0 Å². The van der Waals surface area contributed by atoms with Gasteiger partial charge >= 0.3 is 5.97 Å². The first-order valence-corrected chi connectivity index (χ1v) is 7.59. The minimum atomic E-state index is -0.364. The second kappa shape index (κ2) is 6.57. The Labute approximate surface area is 124 Å². The van der Waals surface area contributed by atoms with Gasteiger partial charge in [0.25, 0.3) is 0 Å². The normalized spacial score (nSPS) is 15.8. The van der Waals surface area contributed by atoms with Gasteiger partial charge in [0.1, 0.15) is 12.4 Å². The molecular weight excluding hydrogens is 264 g/mol. The number of imidazole rings is 1. The van der Waals surface area contributed by atoms with Gasteiger partial charge in [-0.15, -0.1) is 0 Å². The summed E-state index contributed by atoms with van der Waals surface area (Å²) in [5, 5.41) is 0. The van der Waals surface area contributed by atoms with Crippen molar-refractivity contribution in [1.29, 1.82) is 0 Å². The number of hydrogen-bond acceptors (Lipinski definition) is 3. The first-order chi connectivity index (χ1) is 10.3. The van der Waals surface area contributed by atoms with E-state index >= 15 is 0 Å². The van der Waals surface area contributed by atoms with E-state index in [1.54, 1.807) is 6.20 Å². The van der Waals surface area contributed by atoms with Gasteiger partial charge in [0.2, 0.25) is 0 Å². The van der Waals surface area contributed by atoms with Crippen LogP contribution in [0.2, 0.25) is 0 Å². The van der Waals surface area contributed by atoms with Crippen LogP contribution in [0.5, 0.6) is 0 Å². The van der Waals surface area contributed by atoms with Crippen molar-refractivity contribution in [1.82, 2.24) is 9.97 Å². The van der Waals surface area contributed by atoms with Crippen LogP contribution in [0.1, 0.15) is 59.9 Å². The molecule has 0 spiro atoms. The molecule has 0 saturated heterocycles. The first kappa shape index (κ1) is 13.9. The Hall–Kier alpha value is -2.10. The van der Waals surface area contributed by atoms with Crippen LogP contribution in [0.25, 0.3) is 0 Å². The summed E-state index contributed by atoms with van der Waals surface area (Å²) in [6.07, 6.45) is 7.79. The van der Waals surface area contributed by atoms with Crippen molar-refractivity contribution in [3.63, 3.8) is 0 Å². The van der Waals surface area contributed by atoms with Crippen LogP contribution >= 0.6 is 0 Å². The van der Waals surface area contributed by atoms with E-state index < -0.39 is 0 Å². The number of aromatic amines is 1. The van der Waals surface area contributed by atoms with Gasteiger partial charge < -0.3 is 9.72 Å².